The lowest BCUT2D eigenvalue weighted by molar-refractivity contribution is -0.0845. The third-order valence-corrected chi connectivity index (χ3v) is 4.08. The number of nitrogens with two attached hydrogens (primary N) is 1. The minimum absolute atomic E-state index is 0.0943. The summed E-state index contributed by atoms with van der Waals surface area (Å²) >= 11 is 0. The van der Waals surface area contributed by atoms with Crippen LogP contribution >= 0.6 is 0 Å². The molecule has 0 bridgehead atoms. The van der Waals surface area contributed by atoms with Crippen LogP contribution in [0.1, 0.15) is 20.1 Å². The zero-order valence-electron chi connectivity index (χ0n) is 13.1. The Kier molecular flexibility index (Phi) is 3.85. The Morgan fingerprint density at radius 3 is 2.92 bits per heavy atom. The Morgan fingerprint density at radius 2 is 2.29 bits per heavy atom. The van der Waals surface area contributed by atoms with Gasteiger partial charge in [-0.2, -0.15) is 4.98 Å². The maximum atomic E-state index is 11.9. The molecule has 1 aliphatic heterocycles. The number of fused-ring (bicyclic) bond motifs is 1. The first-order chi connectivity index (χ1) is 11.3. The van der Waals surface area contributed by atoms with Gasteiger partial charge in [0.1, 0.15) is 12.2 Å². The molecule has 5 atom stereocenters. The number of aliphatic hydroxyl groups excluding tert-OH is 2. The molecule has 2 aromatic rings. The van der Waals surface area contributed by atoms with Crippen molar-refractivity contribution in [3.8, 4) is 11.8 Å². The van der Waals surface area contributed by atoms with Crippen molar-refractivity contribution >= 4 is 17.0 Å². The number of hydrogen-bond acceptors (Lipinski definition) is 7. The third-order valence-electron chi connectivity index (χ3n) is 4.08. The quantitative estimate of drug-likeness (QED) is 0.429. The highest BCUT2D eigenvalue weighted by molar-refractivity contribution is 5.76. The van der Waals surface area contributed by atoms with Crippen LogP contribution in [0.25, 0.3) is 11.0 Å². The molecule has 0 radical (unpaired) electrons. The Bertz CT molecular complexity index is 893. The fourth-order valence-corrected chi connectivity index (χ4v) is 2.96. The van der Waals surface area contributed by atoms with Crippen LogP contribution in [0.4, 0.5) is 5.95 Å². The fourth-order valence-electron chi connectivity index (χ4n) is 2.96. The number of nitrogen functional groups attached to an aromatic ring is 1. The van der Waals surface area contributed by atoms with Crippen LogP contribution < -0.4 is 11.3 Å². The second kappa shape index (κ2) is 5.61. The molecule has 0 spiro atoms. The van der Waals surface area contributed by atoms with Crippen molar-refractivity contribution in [2.24, 2.45) is 0 Å². The van der Waals surface area contributed by atoms with Gasteiger partial charge in [-0.25, -0.2) is 0 Å². The van der Waals surface area contributed by atoms with Gasteiger partial charge < -0.3 is 30.4 Å². The second-order valence-corrected chi connectivity index (χ2v) is 5.75. The second-order valence-electron chi connectivity index (χ2n) is 5.75. The number of nitrogens with one attached hydrogen (secondary N) is 1. The number of aromatic nitrogens is 3. The summed E-state index contributed by atoms with van der Waals surface area (Å²) in [6.07, 6.45) is -3.25. The average Bonchev–Trinajstić information content (AvgIpc) is 3.00. The third kappa shape index (κ3) is 2.28. The number of aliphatic hydroxyl groups is 3. The Morgan fingerprint density at radius 1 is 1.58 bits per heavy atom. The van der Waals surface area contributed by atoms with Gasteiger partial charge in [-0.3, -0.25) is 9.78 Å². The van der Waals surface area contributed by atoms with Crippen molar-refractivity contribution in [2.75, 3.05) is 5.73 Å². The van der Waals surface area contributed by atoms with E-state index in [1.54, 1.807) is 0 Å². The SMILES string of the molecule is CC#CC1(O)C(O)[C@@H]([C@H](C)O)O[C@H]1n1ccc2c(=O)[nH]c(N)nc21. The van der Waals surface area contributed by atoms with Gasteiger partial charge in [0.2, 0.25) is 5.95 Å². The molecule has 9 nitrogen and oxygen atoms in total. The van der Waals surface area contributed by atoms with Crippen molar-refractivity contribution in [3.63, 3.8) is 0 Å². The van der Waals surface area contributed by atoms with Crippen molar-refractivity contribution in [1.82, 2.24) is 14.5 Å². The summed E-state index contributed by atoms with van der Waals surface area (Å²) in [6.45, 7) is 2.94. The largest absolute Gasteiger partial charge is 0.391 e. The van der Waals surface area contributed by atoms with Gasteiger partial charge in [0.05, 0.1) is 11.5 Å². The predicted molar refractivity (Wildman–Crippen MR) is 84.8 cm³/mol. The van der Waals surface area contributed by atoms with E-state index in [0.717, 1.165) is 0 Å². The highest BCUT2D eigenvalue weighted by atomic mass is 16.6. The molecule has 2 aromatic heterocycles. The summed E-state index contributed by atoms with van der Waals surface area (Å²) in [5.74, 6) is 5.00. The van der Waals surface area contributed by atoms with Crippen molar-refractivity contribution in [3.05, 3.63) is 22.6 Å². The van der Waals surface area contributed by atoms with Crippen LogP contribution in [0.5, 0.6) is 0 Å². The molecule has 2 unspecified atom stereocenters. The zero-order chi connectivity index (χ0) is 17.6. The summed E-state index contributed by atoms with van der Waals surface area (Å²) in [6, 6.07) is 1.49. The molecule has 6 N–H and O–H groups in total. The number of aromatic amines is 1. The molecule has 0 aliphatic carbocycles. The van der Waals surface area contributed by atoms with E-state index in [2.05, 4.69) is 21.8 Å². The van der Waals surface area contributed by atoms with Crippen LogP contribution in [-0.4, -0.2) is 53.8 Å². The van der Waals surface area contributed by atoms with Crippen molar-refractivity contribution in [1.29, 1.82) is 0 Å². The normalized spacial score (nSPS) is 31.0. The van der Waals surface area contributed by atoms with E-state index in [1.165, 1.54) is 30.7 Å². The molecule has 9 heteroatoms. The number of ether oxygens (including phenoxy) is 1. The van der Waals surface area contributed by atoms with Gasteiger partial charge in [-0.1, -0.05) is 5.92 Å². The average molecular weight is 334 g/mol. The number of H-pyrrole nitrogens is 1. The van der Waals surface area contributed by atoms with E-state index in [0.29, 0.717) is 0 Å². The molecule has 0 aromatic carbocycles. The molecule has 3 rings (SSSR count). The molecule has 1 aliphatic rings. The topological polar surface area (TPSA) is 147 Å². The molecule has 1 fully saturated rings. The summed E-state index contributed by atoms with van der Waals surface area (Å²) < 4.78 is 7.02. The molecular weight excluding hydrogens is 316 g/mol. The van der Waals surface area contributed by atoms with Crippen LogP contribution in [-0.2, 0) is 4.74 Å². The van der Waals surface area contributed by atoms with Gasteiger partial charge >= 0.3 is 0 Å². The monoisotopic (exact) mass is 334 g/mol. The van der Waals surface area contributed by atoms with Crippen LogP contribution in [0.3, 0.4) is 0 Å². The first-order valence-corrected chi connectivity index (χ1v) is 7.33. The Hall–Kier alpha value is -2.38. The lowest BCUT2D eigenvalue weighted by Gasteiger charge is -2.26. The molecule has 0 amide bonds. The highest BCUT2D eigenvalue weighted by Crippen LogP contribution is 2.40. The number of nitrogens with zero attached hydrogens (tertiary/aromatic N) is 2. The minimum atomic E-state index is -1.98. The molecule has 0 saturated carbocycles. The van der Waals surface area contributed by atoms with E-state index >= 15 is 0 Å². The fraction of sp³-hybridized carbons (Fsp3) is 0.467. The van der Waals surface area contributed by atoms with Gasteiger partial charge in [-0.15, -0.1) is 5.92 Å². The lowest BCUT2D eigenvalue weighted by atomic mass is 9.93. The molecule has 128 valence electrons. The Labute approximate surface area is 136 Å². The first-order valence-electron chi connectivity index (χ1n) is 7.33. The summed E-state index contributed by atoms with van der Waals surface area (Å²) in [4.78, 5) is 18.4. The minimum Gasteiger partial charge on any atom is -0.391 e. The summed E-state index contributed by atoms with van der Waals surface area (Å²) in [5.41, 5.74) is 3.33. The van der Waals surface area contributed by atoms with Gasteiger partial charge in [0, 0.05) is 6.20 Å². The van der Waals surface area contributed by atoms with Crippen LogP contribution in [0.15, 0.2) is 17.1 Å². The van der Waals surface area contributed by atoms with Crippen molar-refractivity contribution in [2.45, 2.75) is 44.0 Å². The maximum absolute atomic E-state index is 11.9. The van der Waals surface area contributed by atoms with Crippen LogP contribution in [0.2, 0.25) is 0 Å². The van der Waals surface area contributed by atoms with E-state index < -0.39 is 35.7 Å². The number of anilines is 1. The van der Waals surface area contributed by atoms with E-state index in [9.17, 15) is 20.1 Å². The van der Waals surface area contributed by atoms with E-state index in [1.807, 2.05) is 0 Å². The van der Waals surface area contributed by atoms with E-state index in [4.69, 9.17) is 10.5 Å². The number of hydrogen-bond donors (Lipinski definition) is 5. The van der Waals surface area contributed by atoms with Gasteiger partial charge in [0.25, 0.3) is 5.56 Å². The number of rotatable bonds is 2. The molecule has 1 saturated heterocycles. The van der Waals surface area contributed by atoms with Gasteiger partial charge in [-0.05, 0) is 19.9 Å². The van der Waals surface area contributed by atoms with Gasteiger partial charge in [0.15, 0.2) is 17.5 Å². The molecule has 3 heterocycles. The van der Waals surface area contributed by atoms with E-state index in [-0.39, 0.29) is 17.0 Å². The maximum Gasteiger partial charge on any atom is 0.261 e. The summed E-state index contributed by atoms with van der Waals surface area (Å²) in [5, 5.41) is 31.3. The zero-order valence-corrected chi connectivity index (χ0v) is 13.1. The molecule has 24 heavy (non-hydrogen) atoms. The van der Waals surface area contributed by atoms with Crippen LogP contribution in [0, 0.1) is 11.8 Å². The predicted octanol–water partition coefficient (Wildman–Crippen LogP) is -1.30. The standard InChI is InChI=1S/C15H18N4O5/c1-3-5-15(23)10(21)9(7(2)20)24-13(15)19-6-4-8-11(19)17-14(16)18-12(8)22/h4,6-7,9-10,13,20-21,23H,1-2H3,(H3,16,17,18,22)/t7-,9+,10?,13+,15?/m0/s1. The smallest absolute Gasteiger partial charge is 0.261 e. The molecular formula is C15H18N4O5. The van der Waals surface area contributed by atoms with Crippen molar-refractivity contribution < 1.29 is 20.1 Å². The first kappa shape index (κ1) is 16.5. The Balaban J connectivity index is 2.20. The summed E-state index contributed by atoms with van der Waals surface area (Å²) in [7, 11) is 0. The lowest BCUT2D eigenvalue weighted by Crippen LogP contribution is -2.47. The highest BCUT2D eigenvalue weighted by Gasteiger charge is 2.57.